The molecule has 1 heterocycles. The van der Waals surface area contributed by atoms with Crippen LogP contribution in [0.4, 0.5) is 5.69 Å². The lowest BCUT2D eigenvalue weighted by Gasteiger charge is -2.42. The molecule has 1 saturated heterocycles. The summed E-state index contributed by atoms with van der Waals surface area (Å²) in [5.41, 5.74) is 0.917. The lowest BCUT2D eigenvalue weighted by Crippen LogP contribution is -2.61. The van der Waals surface area contributed by atoms with Gasteiger partial charge in [-0.3, -0.25) is 4.79 Å². The molecule has 0 spiro atoms. The third-order valence-corrected chi connectivity index (χ3v) is 7.22. The molecule has 2 aliphatic carbocycles. The first-order valence-electron chi connectivity index (χ1n) is 10.8. The Kier molecular flexibility index (Phi) is 5.13. The lowest BCUT2D eigenvalue weighted by atomic mass is 9.77. The maximum absolute atomic E-state index is 13.3. The Morgan fingerprint density at radius 1 is 1.10 bits per heavy atom. The second kappa shape index (κ2) is 7.80. The summed E-state index contributed by atoms with van der Waals surface area (Å²) < 4.78 is 0. The topological polar surface area (TPSA) is 84.8 Å². The molecular formula is C23H27N3O3S. The molecule has 6 nitrogen and oxygen atoms in total. The molecule has 2 saturated carbocycles. The van der Waals surface area contributed by atoms with Crippen molar-refractivity contribution >= 4 is 39.7 Å². The third kappa shape index (κ3) is 3.25. The summed E-state index contributed by atoms with van der Waals surface area (Å²) in [6, 6.07) is 13.4. The van der Waals surface area contributed by atoms with Crippen LogP contribution in [0.2, 0.25) is 0 Å². The van der Waals surface area contributed by atoms with Crippen molar-refractivity contribution in [1.29, 1.82) is 0 Å². The van der Waals surface area contributed by atoms with Crippen LogP contribution in [0.3, 0.4) is 0 Å². The molecule has 4 N–H and O–H groups in total. The van der Waals surface area contributed by atoms with E-state index < -0.39 is 24.2 Å². The molecule has 3 aliphatic rings. The van der Waals surface area contributed by atoms with Crippen LogP contribution < -0.4 is 15.5 Å². The molecule has 0 aromatic heterocycles. The summed E-state index contributed by atoms with van der Waals surface area (Å²) >= 11 is 5.66. The van der Waals surface area contributed by atoms with E-state index in [2.05, 4.69) is 10.6 Å². The van der Waals surface area contributed by atoms with Gasteiger partial charge < -0.3 is 25.7 Å². The van der Waals surface area contributed by atoms with Gasteiger partial charge in [-0.2, -0.15) is 0 Å². The summed E-state index contributed by atoms with van der Waals surface area (Å²) in [6.45, 7) is 0. The van der Waals surface area contributed by atoms with Crippen LogP contribution >= 0.6 is 12.2 Å². The minimum Gasteiger partial charge on any atom is -0.390 e. The second-order valence-corrected chi connectivity index (χ2v) is 9.11. The number of carbonyl (C=O) groups excluding carboxylic acids is 1. The van der Waals surface area contributed by atoms with Gasteiger partial charge in [0.05, 0.1) is 29.8 Å². The van der Waals surface area contributed by atoms with Gasteiger partial charge in [0.25, 0.3) is 0 Å². The van der Waals surface area contributed by atoms with Crippen LogP contribution in [0.15, 0.2) is 42.5 Å². The number of aliphatic hydroxyl groups excluding tert-OH is 2. The number of thiocarbonyl (C=S) groups is 1. The maximum atomic E-state index is 13.3. The number of carbonyl (C=O) groups is 1. The Balaban J connectivity index is 1.54. The SMILES string of the molecule is O=C(NC1CCCC1)[C@@H]1C[C@@H](O)[C@H](O)[C@@H]2NC(=S)N(c3cccc4ccccc34)[C@H]21. The maximum Gasteiger partial charge on any atom is 0.225 e. The fraction of sp³-hybridized carbons (Fsp3) is 0.478. The Labute approximate surface area is 181 Å². The molecular weight excluding hydrogens is 398 g/mol. The van der Waals surface area contributed by atoms with E-state index in [0.29, 0.717) is 5.11 Å². The summed E-state index contributed by atoms with van der Waals surface area (Å²) in [6.07, 6.45) is 2.54. The molecule has 158 valence electrons. The van der Waals surface area contributed by atoms with E-state index in [9.17, 15) is 15.0 Å². The number of benzene rings is 2. The van der Waals surface area contributed by atoms with Crippen LogP contribution in [0, 0.1) is 5.92 Å². The van der Waals surface area contributed by atoms with Crippen molar-refractivity contribution < 1.29 is 15.0 Å². The van der Waals surface area contributed by atoms with Gasteiger partial charge in [-0.25, -0.2) is 0 Å². The first-order valence-corrected chi connectivity index (χ1v) is 11.2. The van der Waals surface area contributed by atoms with Crippen molar-refractivity contribution in [3.8, 4) is 0 Å². The fourth-order valence-corrected chi connectivity index (χ4v) is 5.77. The number of rotatable bonds is 3. The van der Waals surface area contributed by atoms with Gasteiger partial charge in [0.1, 0.15) is 6.10 Å². The molecule has 0 unspecified atom stereocenters. The largest absolute Gasteiger partial charge is 0.390 e. The second-order valence-electron chi connectivity index (χ2n) is 8.72. The average Bonchev–Trinajstić information content (AvgIpc) is 3.38. The highest BCUT2D eigenvalue weighted by molar-refractivity contribution is 7.80. The number of anilines is 1. The molecule has 30 heavy (non-hydrogen) atoms. The number of aliphatic hydroxyl groups is 2. The van der Waals surface area contributed by atoms with Gasteiger partial charge in [-0.1, -0.05) is 49.2 Å². The Hall–Kier alpha value is -2.22. The van der Waals surface area contributed by atoms with E-state index in [1.807, 2.05) is 47.4 Å². The van der Waals surface area contributed by atoms with E-state index in [4.69, 9.17) is 12.2 Å². The van der Waals surface area contributed by atoms with Crippen LogP contribution in [0.25, 0.3) is 10.8 Å². The van der Waals surface area contributed by atoms with Crippen molar-refractivity contribution in [2.24, 2.45) is 5.92 Å². The molecule has 0 radical (unpaired) electrons. The molecule has 1 amide bonds. The fourth-order valence-electron chi connectivity index (χ4n) is 5.42. The molecule has 2 aromatic rings. The zero-order valence-electron chi connectivity index (χ0n) is 16.7. The van der Waals surface area contributed by atoms with Crippen molar-refractivity contribution in [3.63, 3.8) is 0 Å². The summed E-state index contributed by atoms with van der Waals surface area (Å²) in [5, 5.41) is 30.2. The minimum atomic E-state index is -0.983. The van der Waals surface area contributed by atoms with E-state index >= 15 is 0 Å². The van der Waals surface area contributed by atoms with Gasteiger partial charge >= 0.3 is 0 Å². The highest BCUT2D eigenvalue weighted by atomic mass is 32.1. The van der Waals surface area contributed by atoms with Crippen molar-refractivity contribution in [2.45, 2.75) is 62.4 Å². The zero-order chi connectivity index (χ0) is 20.8. The van der Waals surface area contributed by atoms with Crippen molar-refractivity contribution in [3.05, 3.63) is 42.5 Å². The number of hydrogen-bond donors (Lipinski definition) is 4. The van der Waals surface area contributed by atoms with Crippen molar-refractivity contribution in [1.82, 2.24) is 10.6 Å². The highest BCUT2D eigenvalue weighted by Gasteiger charge is 2.54. The first-order chi connectivity index (χ1) is 14.5. The molecule has 5 rings (SSSR count). The molecule has 5 atom stereocenters. The summed E-state index contributed by atoms with van der Waals surface area (Å²) in [7, 11) is 0. The van der Waals surface area contributed by atoms with Gasteiger partial charge in [0.15, 0.2) is 5.11 Å². The first kappa shape index (κ1) is 19.7. The number of amides is 1. The van der Waals surface area contributed by atoms with Crippen molar-refractivity contribution in [2.75, 3.05) is 4.90 Å². The van der Waals surface area contributed by atoms with E-state index in [-0.39, 0.29) is 24.4 Å². The number of nitrogens with zero attached hydrogens (tertiary/aromatic N) is 1. The van der Waals surface area contributed by atoms with Crippen LogP contribution in [-0.4, -0.2) is 51.6 Å². The van der Waals surface area contributed by atoms with Gasteiger partial charge in [0.2, 0.25) is 5.91 Å². The summed E-state index contributed by atoms with van der Waals surface area (Å²) in [4.78, 5) is 15.3. The Morgan fingerprint density at radius 3 is 2.63 bits per heavy atom. The van der Waals surface area contributed by atoms with E-state index in [0.717, 1.165) is 42.1 Å². The van der Waals surface area contributed by atoms with E-state index in [1.165, 1.54) is 0 Å². The quantitative estimate of drug-likeness (QED) is 0.564. The number of nitrogens with one attached hydrogen (secondary N) is 2. The molecule has 7 heteroatoms. The smallest absolute Gasteiger partial charge is 0.225 e. The predicted molar refractivity (Wildman–Crippen MR) is 120 cm³/mol. The molecule has 3 fully saturated rings. The van der Waals surface area contributed by atoms with Gasteiger partial charge in [-0.05, 0) is 42.9 Å². The van der Waals surface area contributed by atoms with E-state index in [1.54, 1.807) is 0 Å². The highest BCUT2D eigenvalue weighted by Crippen LogP contribution is 2.39. The summed E-state index contributed by atoms with van der Waals surface area (Å²) in [5.74, 6) is -0.527. The Bertz CT molecular complexity index is 972. The number of fused-ring (bicyclic) bond motifs is 2. The van der Waals surface area contributed by atoms with Crippen LogP contribution in [0.1, 0.15) is 32.1 Å². The third-order valence-electron chi connectivity index (χ3n) is 6.91. The van der Waals surface area contributed by atoms with Crippen LogP contribution in [0.5, 0.6) is 0 Å². The number of hydrogen-bond acceptors (Lipinski definition) is 4. The van der Waals surface area contributed by atoms with Gasteiger partial charge in [0, 0.05) is 11.4 Å². The minimum absolute atomic E-state index is 0.0559. The predicted octanol–water partition coefficient (Wildman–Crippen LogP) is 2.07. The monoisotopic (exact) mass is 425 g/mol. The standard InChI is InChI=1S/C23H27N3O3S/c27-18-12-16(22(29)24-14-8-2-3-9-14)20-19(21(18)28)25-23(30)26(20)17-11-5-7-13-6-1-4-10-15(13)17/h1,4-7,10-11,14,16,18-21,27-28H,2-3,8-9,12H2,(H,24,29)(H,25,30)/t16-,18-,19-,20+,21+/m1/s1. The lowest BCUT2D eigenvalue weighted by molar-refractivity contribution is -0.131. The molecule has 1 aliphatic heterocycles. The average molecular weight is 426 g/mol. The molecule has 0 bridgehead atoms. The molecule has 2 aromatic carbocycles. The Morgan fingerprint density at radius 2 is 1.83 bits per heavy atom. The zero-order valence-corrected chi connectivity index (χ0v) is 17.5. The normalized spacial score (nSPS) is 31.6. The van der Waals surface area contributed by atoms with Gasteiger partial charge in [-0.15, -0.1) is 0 Å². The van der Waals surface area contributed by atoms with Crippen LogP contribution in [-0.2, 0) is 4.79 Å².